The lowest BCUT2D eigenvalue weighted by molar-refractivity contribution is 0.0162. The van der Waals surface area contributed by atoms with Crippen molar-refractivity contribution in [3.8, 4) is 0 Å². The average molecular weight is 215 g/mol. The number of hydrogen-bond donors (Lipinski definition) is 2. The number of nitrogens with zero attached hydrogens (tertiary/aromatic N) is 1. The van der Waals surface area contributed by atoms with Crippen LogP contribution in [0.15, 0.2) is 0 Å². The Labute approximate surface area is 93.1 Å². The highest BCUT2D eigenvalue weighted by atomic mass is 16.3. The van der Waals surface area contributed by atoms with Crippen LogP contribution in [0.4, 0.5) is 0 Å². The molecule has 1 fully saturated rings. The molecule has 0 radical (unpaired) electrons. The maximum absolute atomic E-state index is 9.47. The summed E-state index contributed by atoms with van der Waals surface area (Å²) in [4.78, 5) is 2.37. The second-order valence-corrected chi connectivity index (χ2v) is 5.55. The molecule has 0 spiro atoms. The lowest BCUT2D eigenvalue weighted by Gasteiger charge is -2.43. The molecule has 90 valence electrons. The maximum atomic E-state index is 9.47. The predicted molar refractivity (Wildman–Crippen MR) is 61.8 cm³/mol. The van der Waals surface area contributed by atoms with Crippen LogP contribution in [0.5, 0.6) is 0 Å². The molecule has 0 atom stereocenters. The third kappa shape index (κ3) is 3.74. The molecule has 0 aromatic rings. The van der Waals surface area contributed by atoms with Gasteiger partial charge in [0.15, 0.2) is 0 Å². The number of aliphatic hydroxyl groups is 2. The first kappa shape index (κ1) is 12.9. The van der Waals surface area contributed by atoms with E-state index in [-0.39, 0.29) is 18.2 Å². The zero-order valence-electron chi connectivity index (χ0n) is 10.2. The summed E-state index contributed by atoms with van der Waals surface area (Å²) in [6.07, 6.45) is 3.82. The van der Waals surface area contributed by atoms with Gasteiger partial charge in [-0.2, -0.15) is 0 Å². The third-order valence-electron chi connectivity index (χ3n) is 3.31. The van der Waals surface area contributed by atoms with E-state index < -0.39 is 0 Å². The Kier molecular flexibility index (Phi) is 4.56. The summed E-state index contributed by atoms with van der Waals surface area (Å²) >= 11 is 0. The van der Waals surface area contributed by atoms with Crippen molar-refractivity contribution in [3.05, 3.63) is 0 Å². The van der Waals surface area contributed by atoms with Crippen molar-refractivity contribution in [2.24, 2.45) is 0 Å². The largest absolute Gasteiger partial charge is 0.395 e. The van der Waals surface area contributed by atoms with E-state index >= 15 is 0 Å². The van der Waals surface area contributed by atoms with E-state index in [0.717, 1.165) is 32.2 Å². The summed E-state index contributed by atoms with van der Waals surface area (Å²) < 4.78 is 0. The number of aliphatic hydroxyl groups excluding tert-OH is 2. The molecule has 0 heterocycles. The van der Waals surface area contributed by atoms with Gasteiger partial charge in [0.25, 0.3) is 0 Å². The van der Waals surface area contributed by atoms with Crippen molar-refractivity contribution < 1.29 is 10.2 Å². The minimum absolute atomic E-state index is 0.0998. The molecule has 3 heteroatoms. The SMILES string of the molecule is CC(C)(C)N(CCO)C1CCC(O)CC1. The molecule has 0 bridgehead atoms. The number of hydrogen-bond acceptors (Lipinski definition) is 3. The number of β-amino-alcohol motifs (C(OH)–C–C–N with tert-alkyl or cyclic N) is 1. The van der Waals surface area contributed by atoms with E-state index in [2.05, 4.69) is 25.7 Å². The third-order valence-corrected chi connectivity index (χ3v) is 3.31. The van der Waals surface area contributed by atoms with E-state index in [1.165, 1.54) is 0 Å². The highest BCUT2D eigenvalue weighted by molar-refractivity contribution is 4.86. The topological polar surface area (TPSA) is 43.7 Å². The molecular weight excluding hydrogens is 190 g/mol. The molecular formula is C12H25NO2. The summed E-state index contributed by atoms with van der Waals surface area (Å²) in [5, 5.41) is 18.6. The van der Waals surface area contributed by atoms with Gasteiger partial charge in [-0.15, -0.1) is 0 Å². The van der Waals surface area contributed by atoms with Crippen molar-refractivity contribution in [1.29, 1.82) is 0 Å². The summed E-state index contributed by atoms with van der Waals surface area (Å²) in [5.74, 6) is 0. The van der Waals surface area contributed by atoms with Gasteiger partial charge in [0.1, 0.15) is 0 Å². The molecule has 3 nitrogen and oxygen atoms in total. The molecule has 1 rings (SSSR count). The fourth-order valence-corrected chi connectivity index (χ4v) is 2.54. The Hall–Kier alpha value is -0.120. The van der Waals surface area contributed by atoms with Crippen molar-refractivity contribution in [1.82, 2.24) is 4.90 Å². The maximum Gasteiger partial charge on any atom is 0.0558 e. The highest BCUT2D eigenvalue weighted by Gasteiger charge is 2.31. The molecule has 0 saturated heterocycles. The van der Waals surface area contributed by atoms with E-state index in [1.54, 1.807) is 0 Å². The van der Waals surface area contributed by atoms with Gasteiger partial charge in [0.2, 0.25) is 0 Å². The fourth-order valence-electron chi connectivity index (χ4n) is 2.54. The van der Waals surface area contributed by atoms with E-state index in [0.29, 0.717) is 6.04 Å². The summed E-state index contributed by atoms with van der Waals surface area (Å²) in [6.45, 7) is 7.52. The van der Waals surface area contributed by atoms with Crippen LogP contribution in [0.2, 0.25) is 0 Å². The van der Waals surface area contributed by atoms with Gasteiger partial charge in [-0.05, 0) is 46.5 Å². The van der Waals surface area contributed by atoms with E-state index in [9.17, 15) is 5.11 Å². The molecule has 15 heavy (non-hydrogen) atoms. The average Bonchev–Trinajstić information content (AvgIpc) is 2.14. The van der Waals surface area contributed by atoms with Crippen LogP contribution in [0, 0.1) is 0 Å². The number of rotatable bonds is 3. The van der Waals surface area contributed by atoms with Gasteiger partial charge in [-0.3, -0.25) is 4.90 Å². The molecule has 1 aliphatic carbocycles. The summed E-state index contributed by atoms with van der Waals surface area (Å²) in [7, 11) is 0. The first-order valence-corrected chi connectivity index (χ1v) is 6.01. The van der Waals surface area contributed by atoms with Gasteiger partial charge in [0, 0.05) is 18.1 Å². The second kappa shape index (κ2) is 5.28. The highest BCUT2D eigenvalue weighted by Crippen LogP contribution is 2.27. The van der Waals surface area contributed by atoms with Gasteiger partial charge in [-0.1, -0.05) is 0 Å². The zero-order valence-corrected chi connectivity index (χ0v) is 10.2. The van der Waals surface area contributed by atoms with Crippen molar-refractivity contribution >= 4 is 0 Å². The molecule has 1 saturated carbocycles. The Bertz CT molecular complexity index is 181. The van der Waals surface area contributed by atoms with Gasteiger partial charge < -0.3 is 10.2 Å². The van der Waals surface area contributed by atoms with Crippen LogP contribution in [-0.2, 0) is 0 Å². The first-order valence-electron chi connectivity index (χ1n) is 6.01. The van der Waals surface area contributed by atoms with Gasteiger partial charge in [-0.25, -0.2) is 0 Å². The molecule has 0 aromatic heterocycles. The molecule has 0 unspecified atom stereocenters. The molecule has 0 amide bonds. The lowest BCUT2D eigenvalue weighted by Crippen LogP contribution is -2.50. The molecule has 1 aliphatic rings. The Balaban J connectivity index is 2.56. The van der Waals surface area contributed by atoms with Crippen LogP contribution >= 0.6 is 0 Å². The van der Waals surface area contributed by atoms with Crippen LogP contribution < -0.4 is 0 Å². The Morgan fingerprint density at radius 3 is 2.07 bits per heavy atom. The monoisotopic (exact) mass is 215 g/mol. The van der Waals surface area contributed by atoms with Crippen LogP contribution in [-0.4, -0.2) is 45.9 Å². The normalized spacial score (nSPS) is 28.4. The summed E-state index contributed by atoms with van der Waals surface area (Å²) in [5.41, 5.74) is 0.107. The Morgan fingerprint density at radius 2 is 1.67 bits per heavy atom. The van der Waals surface area contributed by atoms with Crippen LogP contribution in [0.3, 0.4) is 0 Å². The Morgan fingerprint density at radius 1 is 1.13 bits per heavy atom. The standard InChI is InChI=1S/C12H25NO2/c1-12(2,3)13(8-9-14)10-4-6-11(15)7-5-10/h10-11,14-15H,4-9H2,1-3H3. The van der Waals surface area contributed by atoms with Gasteiger partial charge >= 0.3 is 0 Å². The van der Waals surface area contributed by atoms with Crippen LogP contribution in [0.1, 0.15) is 46.5 Å². The fraction of sp³-hybridized carbons (Fsp3) is 1.00. The first-order chi connectivity index (χ1) is 6.95. The van der Waals surface area contributed by atoms with Crippen LogP contribution in [0.25, 0.3) is 0 Å². The van der Waals surface area contributed by atoms with Crippen molar-refractivity contribution in [3.63, 3.8) is 0 Å². The smallest absolute Gasteiger partial charge is 0.0558 e. The molecule has 0 aromatic carbocycles. The predicted octanol–water partition coefficient (Wildman–Crippen LogP) is 1.38. The van der Waals surface area contributed by atoms with Gasteiger partial charge in [0.05, 0.1) is 12.7 Å². The van der Waals surface area contributed by atoms with E-state index in [1.807, 2.05) is 0 Å². The quantitative estimate of drug-likeness (QED) is 0.747. The lowest BCUT2D eigenvalue weighted by atomic mass is 9.89. The second-order valence-electron chi connectivity index (χ2n) is 5.55. The molecule has 2 N–H and O–H groups in total. The minimum atomic E-state index is -0.0998. The minimum Gasteiger partial charge on any atom is -0.395 e. The zero-order chi connectivity index (χ0) is 11.5. The van der Waals surface area contributed by atoms with Crippen molar-refractivity contribution in [2.45, 2.75) is 64.1 Å². The summed E-state index contributed by atoms with van der Waals surface area (Å²) in [6, 6.07) is 0.528. The van der Waals surface area contributed by atoms with E-state index in [4.69, 9.17) is 5.11 Å². The van der Waals surface area contributed by atoms with Crippen molar-refractivity contribution in [2.75, 3.05) is 13.2 Å². The molecule has 0 aliphatic heterocycles.